The van der Waals surface area contributed by atoms with Crippen molar-refractivity contribution in [3.8, 4) is 0 Å². The van der Waals surface area contributed by atoms with Gasteiger partial charge in [-0.05, 0) is 32.8 Å². The quantitative estimate of drug-likeness (QED) is 0.888. The smallest absolute Gasteiger partial charge is 0.254 e. The first-order chi connectivity index (χ1) is 10.5. The Morgan fingerprint density at radius 3 is 2.59 bits per heavy atom. The number of aromatic amines is 1. The van der Waals surface area contributed by atoms with Crippen molar-refractivity contribution in [3.63, 3.8) is 0 Å². The number of hydrogen-bond acceptors (Lipinski definition) is 3. The largest absolute Gasteiger partial charge is 0.350 e. The van der Waals surface area contributed by atoms with Crippen LogP contribution < -0.4 is 10.9 Å². The van der Waals surface area contributed by atoms with Crippen LogP contribution in [0.15, 0.2) is 35.1 Å². The number of hydrogen-bond donors (Lipinski definition) is 2. The van der Waals surface area contributed by atoms with Crippen LogP contribution in [0.2, 0.25) is 0 Å². The molecule has 1 aromatic heterocycles. The fourth-order valence-electron chi connectivity index (χ4n) is 2.42. The van der Waals surface area contributed by atoms with E-state index in [1.165, 1.54) is 0 Å². The van der Waals surface area contributed by atoms with E-state index in [4.69, 9.17) is 0 Å². The zero-order valence-corrected chi connectivity index (χ0v) is 13.1. The van der Waals surface area contributed by atoms with Gasteiger partial charge in [0.2, 0.25) is 5.91 Å². The first-order valence-corrected chi connectivity index (χ1v) is 7.38. The summed E-state index contributed by atoms with van der Waals surface area (Å²) in [6.45, 7) is 5.48. The van der Waals surface area contributed by atoms with E-state index in [-0.39, 0.29) is 23.9 Å². The maximum absolute atomic E-state index is 12.0. The Balaban J connectivity index is 1.95. The van der Waals surface area contributed by atoms with Crippen LogP contribution >= 0.6 is 0 Å². The van der Waals surface area contributed by atoms with Gasteiger partial charge in [0.05, 0.1) is 6.04 Å². The molecule has 0 fully saturated rings. The summed E-state index contributed by atoms with van der Waals surface area (Å²) >= 11 is 0. The molecular formula is C17H21N3O2. The van der Waals surface area contributed by atoms with Crippen molar-refractivity contribution in [2.45, 2.75) is 39.7 Å². The number of amides is 1. The number of aryl methyl sites for hydroxylation is 2. The van der Waals surface area contributed by atoms with E-state index < -0.39 is 0 Å². The predicted molar refractivity (Wildman–Crippen MR) is 85.7 cm³/mol. The highest BCUT2D eigenvalue weighted by molar-refractivity contribution is 5.76. The van der Waals surface area contributed by atoms with Crippen LogP contribution in [0.3, 0.4) is 0 Å². The van der Waals surface area contributed by atoms with Crippen LogP contribution in [-0.2, 0) is 11.2 Å². The molecule has 2 aromatic rings. The Kier molecular flexibility index (Phi) is 5.09. The summed E-state index contributed by atoms with van der Waals surface area (Å²) in [5.74, 6) is 0.518. The minimum absolute atomic E-state index is 0.0516. The molecule has 0 spiro atoms. The summed E-state index contributed by atoms with van der Waals surface area (Å²) in [6.07, 6.45) is 0.660. The fourth-order valence-corrected chi connectivity index (χ4v) is 2.42. The third-order valence-corrected chi connectivity index (χ3v) is 3.62. The summed E-state index contributed by atoms with van der Waals surface area (Å²) in [6, 6.07) is 9.73. The standard InChI is InChI=1S/C17H21N3O2/c1-11(14-7-5-4-6-8-14)19-16(21)10-9-15-12(2)18-13(3)20-17(15)22/h4-8,11H,9-10H2,1-3H3,(H,19,21)(H,18,20,22). The summed E-state index contributed by atoms with van der Waals surface area (Å²) in [5, 5.41) is 2.95. The van der Waals surface area contributed by atoms with Gasteiger partial charge in [0, 0.05) is 17.7 Å². The van der Waals surface area contributed by atoms with Crippen LogP contribution in [0, 0.1) is 13.8 Å². The Morgan fingerprint density at radius 1 is 1.27 bits per heavy atom. The second-order valence-electron chi connectivity index (χ2n) is 5.42. The molecule has 116 valence electrons. The lowest BCUT2D eigenvalue weighted by molar-refractivity contribution is -0.121. The van der Waals surface area contributed by atoms with Gasteiger partial charge in [0.25, 0.3) is 5.56 Å². The SMILES string of the molecule is Cc1nc(C)c(CCC(=O)NC(C)c2ccccc2)c(=O)[nH]1. The van der Waals surface area contributed by atoms with Crippen molar-refractivity contribution in [3.05, 3.63) is 63.3 Å². The van der Waals surface area contributed by atoms with Crippen LogP contribution in [0.1, 0.15) is 42.0 Å². The lowest BCUT2D eigenvalue weighted by Gasteiger charge is -2.14. The molecule has 5 nitrogen and oxygen atoms in total. The molecule has 0 radical (unpaired) electrons. The number of carbonyl (C=O) groups excluding carboxylic acids is 1. The van der Waals surface area contributed by atoms with Crippen molar-refractivity contribution in [2.24, 2.45) is 0 Å². The highest BCUT2D eigenvalue weighted by atomic mass is 16.1. The monoisotopic (exact) mass is 299 g/mol. The first-order valence-electron chi connectivity index (χ1n) is 7.38. The Hall–Kier alpha value is -2.43. The Labute approximate surface area is 129 Å². The van der Waals surface area contributed by atoms with E-state index in [9.17, 15) is 9.59 Å². The van der Waals surface area contributed by atoms with Crippen molar-refractivity contribution in [1.29, 1.82) is 0 Å². The van der Waals surface area contributed by atoms with Crippen LogP contribution in [0.5, 0.6) is 0 Å². The minimum Gasteiger partial charge on any atom is -0.350 e. The zero-order valence-electron chi connectivity index (χ0n) is 13.1. The molecule has 1 atom stereocenters. The molecule has 0 saturated carbocycles. The molecule has 22 heavy (non-hydrogen) atoms. The van der Waals surface area contributed by atoms with Crippen LogP contribution in [0.25, 0.3) is 0 Å². The number of benzene rings is 1. The van der Waals surface area contributed by atoms with E-state index in [0.717, 1.165) is 5.56 Å². The van der Waals surface area contributed by atoms with Gasteiger partial charge in [-0.1, -0.05) is 30.3 Å². The number of H-pyrrole nitrogens is 1. The highest BCUT2D eigenvalue weighted by Crippen LogP contribution is 2.11. The van der Waals surface area contributed by atoms with Crippen molar-refractivity contribution < 1.29 is 4.79 Å². The summed E-state index contributed by atoms with van der Waals surface area (Å²) in [5.41, 5.74) is 2.16. The molecule has 0 aliphatic rings. The molecular weight excluding hydrogens is 278 g/mol. The predicted octanol–water partition coefficient (Wildman–Crippen LogP) is 2.20. The second kappa shape index (κ2) is 7.02. The summed E-state index contributed by atoms with van der Waals surface area (Å²) < 4.78 is 0. The van der Waals surface area contributed by atoms with Crippen LogP contribution in [-0.4, -0.2) is 15.9 Å². The van der Waals surface area contributed by atoms with E-state index >= 15 is 0 Å². The maximum atomic E-state index is 12.0. The summed E-state index contributed by atoms with van der Waals surface area (Å²) in [7, 11) is 0. The molecule has 0 aliphatic heterocycles. The Bertz CT molecular complexity index is 708. The zero-order chi connectivity index (χ0) is 16.1. The average Bonchev–Trinajstić information content (AvgIpc) is 2.47. The number of nitrogens with zero attached hydrogens (tertiary/aromatic N) is 1. The van der Waals surface area contributed by atoms with Gasteiger partial charge >= 0.3 is 0 Å². The van der Waals surface area contributed by atoms with E-state index in [2.05, 4.69) is 15.3 Å². The fraction of sp³-hybridized carbons (Fsp3) is 0.353. The molecule has 1 aromatic carbocycles. The van der Waals surface area contributed by atoms with Gasteiger partial charge in [-0.25, -0.2) is 4.98 Å². The molecule has 1 amide bonds. The van der Waals surface area contributed by atoms with Crippen molar-refractivity contribution in [2.75, 3.05) is 0 Å². The van der Waals surface area contributed by atoms with E-state index in [0.29, 0.717) is 23.5 Å². The normalized spacial score (nSPS) is 12.0. The van der Waals surface area contributed by atoms with Gasteiger partial charge in [0.15, 0.2) is 0 Å². The third-order valence-electron chi connectivity index (χ3n) is 3.62. The molecule has 0 saturated heterocycles. The number of nitrogens with one attached hydrogen (secondary N) is 2. The molecule has 2 N–H and O–H groups in total. The van der Waals surface area contributed by atoms with Gasteiger partial charge in [-0.15, -0.1) is 0 Å². The van der Waals surface area contributed by atoms with Gasteiger partial charge < -0.3 is 10.3 Å². The van der Waals surface area contributed by atoms with Crippen molar-refractivity contribution in [1.82, 2.24) is 15.3 Å². The summed E-state index contributed by atoms with van der Waals surface area (Å²) in [4.78, 5) is 30.8. The van der Waals surface area contributed by atoms with Gasteiger partial charge in [-0.2, -0.15) is 0 Å². The maximum Gasteiger partial charge on any atom is 0.254 e. The highest BCUT2D eigenvalue weighted by Gasteiger charge is 2.12. The van der Waals surface area contributed by atoms with E-state index in [1.54, 1.807) is 13.8 Å². The molecule has 5 heteroatoms. The molecule has 1 unspecified atom stereocenters. The molecule has 1 heterocycles. The number of rotatable bonds is 5. The third kappa shape index (κ3) is 4.04. The number of aromatic nitrogens is 2. The molecule has 2 rings (SSSR count). The lowest BCUT2D eigenvalue weighted by Crippen LogP contribution is -2.28. The minimum atomic E-state index is -0.158. The van der Waals surface area contributed by atoms with Gasteiger partial charge in [-0.3, -0.25) is 9.59 Å². The van der Waals surface area contributed by atoms with E-state index in [1.807, 2.05) is 37.3 Å². The topological polar surface area (TPSA) is 74.8 Å². The first kappa shape index (κ1) is 15.9. The lowest BCUT2D eigenvalue weighted by atomic mass is 10.1. The van der Waals surface area contributed by atoms with Crippen LogP contribution in [0.4, 0.5) is 0 Å². The van der Waals surface area contributed by atoms with Gasteiger partial charge in [0.1, 0.15) is 5.82 Å². The van der Waals surface area contributed by atoms with Crippen molar-refractivity contribution >= 4 is 5.91 Å². The second-order valence-corrected chi connectivity index (χ2v) is 5.42. The number of carbonyl (C=O) groups is 1. The average molecular weight is 299 g/mol. The Morgan fingerprint density at radius 2 is 1.95 bits per heavy atom. The molecule has 0 bridgehead atoms. The molecule has 0 aliphatic carbocycles.